The molecule has 0 nitrogen and oxygen atoms in total. The molecular weight excluding hydrogens is 336 g/mol. The second-order valence-corrected chi connectivity index (χ2v) is 14.9. The van der Waals surface area contributed by atoms with Gasteiger partial charge in [0.05, 0.1) is 8.07 Å². The summed E-state index contributed by atoms with van der Waals surface area (Å²) < 4.78 is 1.44. The van der Waals surface area contributed by atoms with Crippen LogP contribution in [0.2, 0.25) is 16.6 Å². The Morgan fingerprint density at radius 3 is 1.76 bits per heavy atom. The van der Waals surface area contributed by atoms with Crippen LogP contribution < -0.4 is 5.19 Å². The maximum Gasteiger partial charge on any atom is 0.0969 e. The summed E-state index contributed by atoms with van der Waals surface area (Å²) in [7, 11) is -1.73. The lowest BCUT2D eigenvalue weighted by molar-refractivity contribution is 0.836. The van der Waals surface area contributed by atoms with Crippen LogP contribution in [-0.4, -0.2) is 8.07 Å². The third-order valence-electron chi connectivity index (χ3n) is 5.93. The first-order valence-electron chi connectivity index (χ1n) is 9.48. The molecular formula is C23H30SSi. The number of hydrogen-bond acceptors (Lipinski definition) is 1. The van der Waals surface area contributed by atoms with Gasteiger partial charge >= 0.3 is 0 Å². The van der Waals surface area contributed by atoms with Gasteiger partial charge in [-0.2, -0.15) is 0 Å². The second kappa shape index (κ2) is 7.09. The maximum absolute atomic E-state index is 2.47. The van der Waals surface area contributed by atoms with E-state index in [4.69, 9.17) is 0 Å². The van der Waals surface area contributed by atoms with Crippen LogP contribution in [0.1, 0.15) is 41.5 Å². The molecule has 0 unspecified atom stereocenters. The van der Waals surface area contributed by atoms with Crippen LogP contribution in [0, 0.1) is 0 Å². The molecule has 3 aromatic rings. The monoisotopic (exact) mass is 366 g/mol. The van der Waals surface area contributed by atoms with Crippen molar-refractivity contribution < 1.29 is 0 Å². The molecule has 0 aliphatic carbocycles. The fraction of sp³-hybridized carbons (Fsp3) is 0.391. The van der Waals surface area contributed by atoms with Crippen molar-refractivity contribution in [3.63, 3.8) is 0 Å². The van der Waals surface area contributed by atoms with E-state index in [1.54, 1.807) is 5.19 Å². The number of thiophene rings is 1. The van der Waals surface area contributed by atoms with Crippen molar-refractivity contribution in [2.75, 3.05) is 0 Å². The minimum absolute atomic E-state index is 0.716. The zero-order valence-electron chi connectivity index (χ0n) is 16.3. The molecule has 0 aliphatic rings. The molecule has 3 rings (SSSR count). The van der Waals surface area contributed by atoms with Crippen LogP contribution in [0.5, 0.6) is 0 Å². The summed E-state index contributed by atoms with van der Waals surface area (Å²) in [5.74, 6) is 0. The summed E-state index contributed by atoms with van der Waals surface area (Å²) in [5, 5.41) is 3.22. The van der Waals surface area contributed by atoms with Gasteiger partial charge in [0.2, 0.25) is 0 Å². The van der Waals surface area contributed by atoms with Gasteiger partial charge in [0.25, 0.3) is 0 Å². The molecule has 0 fully saturated rings. The highest BCUT2D eigenvalue weighted by atomic mass is 32.1. The Hall–Kier alpha value is -1.38. The van der Waals surface area contributed by atoms with Gasteiger partial charge in [0.1, 0.15) is 0 Å². The van der Waals surface area contributed by atoms with Gasteiger partial charge in [-0.05, 0) is 38.8 Å². The minimum atomic E-state index is -1.73. The van der Waals surface area contributed by atoms with E-state index in [-0.39, 0.29) is 0 Å². The summed E-state index contributed by atoms with van der Waals surface area (Å²) in [5.41, 5.74) is 3.53. The average Bonchev–Trinajstić information content (AvgIpc) is 2.95. The lowest BCUT2D eigenvalue weighted by Gasteiger charge is -2.44. The smallest absolute Gasteiger partial charge is 0.0969 e. The van der Waals surface area contributed by atoms with Gasteiger partial charge < -0.3 is 0 Å². The topological polar surface area (TPSA) is 0 Å². The number of rotatable bonds is 5. The van der Waals surface area contributed by atoms with Crippen LogP contribution in [0.15, 0.2) is 54.6 Å². The molecule has 0 atom stereocenters. The molecule has 132 valence electrons. The number of hydrogen-bond donors (Lipinski definition) is 0. The third kappa shape index (κ3) is 2.90. The van der Waals surface area contributed by atoms with Crippen LogP contribution in [0.3, 0.4) is 0 Å². The molecule has 25 heavy (non-hydrogen) atoms. The third-order valence-corrected chi connectivity index (χ3v) is 14.4. The Kier molecular flexibility index (Phi) is 5.22. The second-order valence-electron chi connectivity index (χ2n) is 8.07. The summed E-state index contributed by atoms with van der Waals surface area (Å²) in [6.07, 6.45) is 0. The molecule has 1 aromatic heterocycles. The Morgan fingerprint density at radius 2 is 1.20 bits per heavy atom. The van der Waals surface area contributed by atoms with E-state index in [0.717, 1.165) is 0 Å². The normalized spacial score (nSPS) is 12.7. The molecule has 0 amide bonds. The minimum Gasteiger partial charge on any atom is -0.135 e. The zero-order valence-corrected chi connectivity index (χ0v) is 18.2. The summed E-state index contributed by atoms with van der Waals surface area (Å²) in [6.45, 7) is 14.8. The quantitative estimate of drug-likeness (QED) is 0.411. The van der Waals surface area contributed by atoms with E-state index >= 15 is 0 Å². The highest BCUT2D eigenvalue weighted by Gasteiger charge is 2.47. The predicted octanol–water partition coefficient (Wildman–Crippen LogP) is 7.45. The van der Waals surface area contributed by atoms with E-state index < -0.39 is 8.07 Å². The fourth-order valence-electron chi connectivity index (χ4n) is 5.13. The van der Waals surface area contributed by atoms with Gasteiger partial charge in [-0.1, -0.05) is 90.1 Å². The first-order chi connectivity index (χ1) is 11.9. The first-order valence-corrected chi connectivity index (χ1v) is 12.5. The molecule has 2 heteroatoms. The van der Waals surface area contributed by atoms with E-state index in [1.165, 1.54) is 20.5 Å². The van der Waals surface area contributed by atoms with E-state index in [9.17, 15) is 0 Å². The molecule has 0 saturated carbocycles. The predicted molar refractivity (Wildman–Crippen MR) is 118 cm³/mol. The van der Waals surface area contributed by atoms with Gasteiger partial charge in [-0.3, -0.25) is 0 Å². The van der Waals surface area contributed by atoms with Gasteiger partial charge in [0, 0.05) is 9.58 Å². The molecule has 2 aromatic carbocycles. The van der Waals surface area contributed by atoms with Crippen molar-refractivity contribution in [2.24, 2.45) is 0 Å². The van der Waals surface area contributed by atoms with E-state index in [0.29, 0.717) is 16.6 Å². The molecule has 0 aliphatic heterocycles. The number of benzene rings is 2. The van der Waals surface area contributed by atoms with Gasteiger partial charge in [-0.25, -0.2) is 0 Å². The highest BCUT2D eigenvalue weighted by molar-refractivity contribution is 7.25. The molecule has 0 N–H and O–H groups in total. The standard InChI is InChI=1S/C23H30SSi/c1-16(2)25(17(3)4,18(5)6)23-20-14-10-11-15-21(20)24-22(23)19-12-8-7-9-13-19/h7-18H,1-6H3. The number of fused-ring (bicyclic) bond motifs is 1. The van der Waals surface area contributed by atoms with Crippen molar-refractivity contribution in [1.29, 1.82) is 0 Å². The molecule has 0 spiro atoms. The Morgan fingerprint density at radius 1 is 0.680 bits per heavy atom. The Bertz CT molecular complexity index is 821. The summed E-state index contributed by atoms with van der Waals surface area (Å²) in [6, 6.07) is 20.1. The van der Waals surface area contributed by atoms with Crippen LogP contribution in [0.4, 0.5) is 0 Å². The highest BCUT2D eigenvalue weighted by Crippen LogP contribution is 2.46. The van der Waals surface area contributed by atoms with Gasteiger partial charge in [0.15, 0.2) is 0 Å². The van der Waals surface area contributed by atoms with Crippen molar-refractivity contribution in [1.82, 2.24) is 0 Å². The van der Waals surface area contributed by atoms with E-state index in [1.807, 2.05) is 11.3 Å². The van der Waals surface area contributed by atoms with Crippen molar-refractivity contribution in [3.8, 4) is 10.4 Å². The van der Waals surface area contributed by atoms with Crippen molar-refractivity contribution in [2.45, 2.75) is 58.2 Å². The van der Waals surface area contributed by atoms with Crippen molar-refractivity contribution >= 4 is 34.7 Å². The lowest BCUT2D eigenvalue weighted by Crippen LogP contribution is -2.56. The van der Waals surface area contributed by atoms with Crippen LogP contribution >= 0.6 is 11.3 Å². The van der Waals surface area contributed by atoms with Gasteiger partial charge in [-0.15, -0.1) is 11.3 Å². The molecule has 1 heterocycles. The Labute approximate surface area is 157 Å². The summed E-state index contributed by atoms with van der Waals surface area (Å²) in [4.78, 5) is 1.52. The van der Waals surface area contributed by atoms with E-state index in [2.05, 4.69) is 96.1 Å². The maximum atomic E-state index is 2.47. The largest absolute Gasteiger partial charge is 0.135 e. The first kappa shape index (κ1) is 18.4. The van der Waals surface area contributed by atoms with Crippen LogP contribution in [-0.2, 0) is 0 Å². The summed E-state index contributed by atoms with van der Waals surface area (Å²) >= 11 is 1.99. The molecule has 0 bridgehead atoms. The fourth-order valence-corrected chi connectivity index (χ4v) is 14.0. The SMILES string of the molecule is CC(C)[Si](c1c(-c2ccccc2)sc2ccccc12)(C(C)C)C(C)C. The average molecular weight is 367 g/mol. The molecule has 0 radical (unpaired) electrons. The molecule has 0 saturated heterocycles. The van der Waals surface area contributed by atoms with Crippen LogP contribution in [0.25, 0.3) is 20.5 Å². The zero-order chi connectivity index (χ0) is 18.2. The lowest BCUT2D eigenvalue weighted by atomic mass is 10.1. The Balaban J connectivity index is 2.44. The van der Waals surface area contributed by atoms with Crippen molar-refractivity contribution in [3.05, 3.63) is 54.6 Å².